The van der Waals surface area contributed by atoms with E-state index in [1.807, 2.05) is 6.92 Å². The van der Waals surface area contributed by atoms with Crippen molar-refractivity contribution in [3.63, 3.8) is 0 Å². The summed E-state index contributed by atoms with van der Waals surface area (Å²) < 4.78 is 9.95. The molecule has 1 atom stereocenters. The third-order valence-corrected chi connectivity index (χ3v) is 2.56. The Morgan fingerprint density at radius 2 is 2.29 bits per heavy atom. The molecule has 1 amide bonds. The number of morpholine rings is 1. The fourth-order valence-corrected chi connectivity index (χ4v) is 1.69. The van der Waals surface area contributed by atoms with Crippen LogP contribution in [0.1, 0.15) is 13.3 Å². The van der Waals surface area contributed by atoms with Crippen LogP contribution in [0.25, 0.3) is 0 Å². The molecule has 0 aromatic heterocycles. The Labute approximate surface area is 101 Å². The van der Waals surface area contributed by atoms with Crippen molar-refractivity contribution < 1.29 is 19.1 Å². The van der Waals surface area contributed by atoms with Crippen molar-refractivity contribution in [3.8, 4) is 0 Å². The van der Waals surface area contributed by atoms with Crippen LogP contribution in [-0.4, -0.2) is 62.8 Å². The summed E-state index contributed by atoms with van der Waals surface area (Å²) in [5, 5.41) is 3.09. The van der Waals surface area contributed by atoms with Crippen LogP contribution in [0, 0.1) is 0 Å². The summed E-state index contributed by atoms with van der Waals surface area (Å²) in [5.74, 6) is -0.556. The number of hydrogen-bond donors (Lipinski definition) is 1. The Hall–Kier alpha value is -1.14. The summed E-state index contributed by atoms with van der Waals surface area (Å²) in [6, 6.07) is 0. The highest BCUT2D eigenvalue weighted by atomic mass is 16.5. The van der Waals surface area contributed by atoms with Gasteiger partial charge in [-0.25, -0.2) is 0 Å². The van der Waals surface area contributed by atoms with Gasteiger partial charge in [0.15, 0.2) is 0 Å². The molecule has 0 aliphatic carbocycles. The standard InChI is InChI=1S/C11H20N2O4/c1-3-5-13(8-10(14)16-2)11(15)9-7-12-4-6-17-9/h9,12H,3-8H2,1-2H3. The molecule has 0 radical (unpaired) electrons. The van der Waals surface area contributed by atoms with E-state index in [1.54, 1.807) is 0 Å². The molecule has 1 rings (SSSR count). The van der Waals surface area contributed by atoms with Crippen LogP contribution in [0.2, 0.25) is 0 Å². The fraction of sp³-hybridized carbons (Fsp3) is 0.818. The minimum absolute atomic E-state index is 0.0109. The lowest BCUT2D eigenvalue weighted by Crippen LogP contribution is -2.50. The van der Waals surface area contributed by atoms with Gasteiger partial charge in [0, 0.05) is 19.6 Å². The number of nitrogens with zero attached hydrogens (tertiary/aromatic N) is 1. The van der Waals surface area contributed by atoms with Crippen LogP contribution in [0.3, 0.4) is 0 Å². The van der Waals surface area contributed by atoms with Gasteiger partial charge in [-0.3, -0.25) is 9.59 Å². The lowest BCUT2D eigenvalue weighted by atomic mass is 10.2. The molecule has 17 heavy (non-hydrogen) atoms. The van der Waals surface area contributed by atoms with Crippen molar-refractivity contribution in [3.05, 3.63) is 0 Å². The second-order valence-corrected chi connectivity index (χ2v) is 3.90. The number of carbonyl (C=O) groups excluding carboxylic acids is 2. The second-order valence-electron chi connectivity index (χ2n) is 3.90. The minimum atomic E-state index is -0.486. The van der Waals surface area contributed by atoms with Crippen LogP contribution < -0.4 is 5.32 Å². The van der Waals surface area contributed by atoms with Gasteiger partial charge in [0.25, 0.3) is 5.91 Å². The molecule has 0 bridgehead atoms. The fourth-order valence-electron chi connectivity index (χ4n) is 1.69. The van der Waals surface area contributed by atoms with Crippen molar-refractivity contribution in [2.24, 2.45) is 0 Å². The zero-order valence-electron chi connectivity index (χ0n) is 10.4. The van der Waals surface area contributed by atoms with Gasteiger partial charge in [0.2, 0.25) is 0 Å². The van der Waals surface area contributed by atoms with Crippen LogP contribution >= 0.6 is 0 Å². The van der Waals surface area contributed by atoms with E-state index in [1.165, 1.54) is 12.0 Å². The Bertz CT molecular complexity index is 264. The normalized spacial score (nSPS) is 19.8. The molecule has 1 N–H and O–H groups in total. The Morgan fingerprint density at radius 1 is 1.53 bits per heavy atom. The molecule has 0 spiro atoms. The minimum Gasteiger partial charge on any atom is -0.468 e. The van der Waals surface area contributed by atoms with Crippen LogP contribution in [0.15, 0.2) is 0 Å². The molecule has 1 fully saturated rings. The van der Waals surface area contributed by atoms with Gasteiger partial charge >= 0.3 is 5.97 Å². The summed E-state index contributed by atoms with van der Waals surface area (Å²) >= 11 is 0. The lowest BCUT2D eigenvalue weighted by molar-refractivity contribution is -0.153. The number of carbonyl (C=O) groups is 2. The molecular formula is C11H20N2O4. The maximum absolute atomic E-state index is 12.1. The van der Waals surface area contributed by atoms with Gasteiger partial charge in [0.05, 0.1) is 13.7 Å². The molecule has 98 valence electrons. The quantitative estimate of drug-likeness (QED) is 0.653. The van der Waals surface area contributed by atoms with Crippen molar-refractivity contribution >= 4 is 11.9 Å². The Balaban J connectivity index is 2.55. The number of nitrogens with one attached hydrogen (secondary N) is 1. The third kappa shape index (κ3) is 4.32. The first-order chi connectivity index (χ1) is 8.19. The highest BCUT2D eigenvalue weighted by Gasteiger charge is 2.27. The Morgan fingerprint density at radius 3 is 2.82 bits per heavy atom. The number of methoxy groups -OCH3 is 1. The molecule has 6 heteroatoms. The zero-order chi connectivity index (χ0) is 12.7. The number of amides is 1. The SMILES string of the molecule is CCCN(CC(=O)OC)C(=O)C1CNCCO1. The van der Waals surface area contributed by atoms with Gasteiger partial charge < -0.3 is 19.7 Å². The van der Waals surface area contributed by atoms with Gasteiger partial charge in [-0.05, 0) is 6.42 Å². The van der Waals surface area contributed by atoms with E-state index < -0.39 is 12.1 Å². The molecule has 1 aliphatic rings. The van der Waals surface area contributed by atoms with E-state index >= 15 is 0 Å². The van der Waals surface area contributed by atoms with E-state index in [0.29, 0.717) is 19.7 Å². The maximum atomic E-state index is 12.1. The smallest absolute Gasteiger partial charge is 0.325 e. The highest BCUT2D eigenvalue weighted by Crippen LogP contribution is 2.04. The van der Waals surface area contributed by atoms with Crippen molar-refractivity contribution in [2.45, 2.75) is 19.4 Å². The van der Waals surface area contributed by atoms with E-state index in [4.69, 9.17) is 4.74 Å². The van der Waals surface area contributed by atoms with Crippen molar-refractivity contribution in [2.75, 3.05) is 39.9 Å². The topological polar surface area (TPSA) is 67.9 Å². The summed E-state index contributed by atoms with van der Waals surface area (Å²) in [6.07, 6.45) is 0.308. The zero-order valence-corrected chi connectivity index (χ0v) is 10.4. The number of hydrogen-bond acceptors (Lipinski definition) is 5. The van der Waals surface area contributed by atoms with Crippen molar-refractivity contribution in [1.29, 1.82) is 0 Å². The van der Waals surface area contributed by atoms with Gasteiger partial charge in [0.1, 0.15) is 12.6 Å². The maximum Gasteiger partial charge on any atom is 0.325 e. The van der Waals surface area contributed by atoms with Gasteiger partial charge in [-0.15, -0.1) is 0 Å². The largest absolute Gasteiger partial charge is 0.468 e. The van der Waals surface area contributed by atoms with E-state index in [0.717, 1.165) is 13.0 Å². The number of ether oxygens (including phenoxy) is 2. The highest BCUT2D eigenvalue weighted by molar-refractivity contribution is 5.85. The molecule has 1 heterocycles. The molecule has 0 aromatic rings. The van der Waals surface area contributed by atoms with Gasteiger partial charge in [-0.1, -0.05) is 6.92 Å². The summed E-state index contributed by atoms with van der Waals surface area (Å²) in [7, 11) is 1.32. The third-order valence-electron chi connectivity index (χ3n) is 2.56. The predicted octanol–water partition coefficient (Wildman–Crippen LogP) is -0.614. The monoisotopic (exact) mass is 244 g/mol. The molecule has 1 saturated heterocycles. The predicted molar refractivity (Wildman–Crippen MR) is 61.5 cm³/mol. The second kappa shape index (κ2) is 7.24. The molecule has 1 aliphatic heterocycles. The van der Waals surface area contributed by atoms with E-state index in [2.05, 4.69) is 10.1 Å². The molecular weight excluding hydrogens is 224 g/mol. The molecule has 1 unspecified atom stereocenters. The average Bonchev–Trinajstić information content (AvgIpc) is 2.38. The molecule has 0 aromatic carbocycles. The summed E-state index contributed by atoms with van der Waals surface area (Å²) in [4.78, 5) is 24.8. The lowest BCUT2D eigenvalue weighted by Gasteiger charge is -2.28. The Kier molecular flexibility index (Phi) is 5.93. The van der Waals surface area contributed by atoms with Crippen molar-refractivity contribution in [1.82, 2.24) is 10.2 Å². The van der Waals surface area contributed by atoms with E-state index in [-0.39, 0.29) is 12.5 Å². The van der Waals surface area contributed by atoms with E-state index in [9.17, 15) is 9.59 Å². The molecule has 0 saturated carbocycles. The van der Waals surface area contributed by atoms with Crippen LogP contribution in [0.4, 0.5) is 0 Å². The first-order valence-electron chi connectivity index (χ1n) is 5.87. The average molecular weight is 244 g/mol. The first kappa shape index (κ1) is 13.9. The van der Waals surface area contributed by atoms with Crippen LogP contribution in [-0.2, 0) is 19.1 Å². The number of rotatable bonds is 5. The van der Waals surface area contributed by atoms with Crippen LogP contribution in [0.5, 0.6) is 0 Å². The molecule has 6 nitrogen and oxygen atoms in total. The first-order valence-corrected chi connectivity index (χ1v) is 5.87. The van der Waals surface area contributed by atoms with Gasteiger partial charge in [-0.2, -0.15) is 0 Å². The number of esters is 1. The summed E-state index contributed by atoms with van der Waals surface area (Å²) in [6.45, 7) is 4.26. The summed E-state index contributed by atoms with van der Waals surface area (Å²) in [5.41, 5.74) is 0.